The van der Waals surface area contributed by atoms with Crippen molar-refractivity contribution in [3.8, 4) is 0 Å². The first kappa shape index (κ1) is 13.7. The van der Waals surface area contributed by atoms with Crippen LogP contribution >= 0.6 is 15.9 Å². The molecule has 0 spiro atoms. The van der Waals surface area contributed by atoms with Gasteiger partial charge in [0.05, 0.1) is 6.10 Å². The summed E-state index contributed by atoms with van der Waals surface area (Å²) in [5.74, 6) is 1.80. The standard InChI is InChI=1S/C13H20BrN3O/c1-3-7-18-11-5-4-6-17(9-11)13-8-12(14)15-10(2)16-13/h8,11H,3-7,9H2,1-2H3. The van der Waals surface area contributed by atoms with Gasteiger partial charge in [-0.1, -0.05) is 6.92 Å². The Morgan fingerprint density at radius 2 is 2.33 bits per heavy atom. The molecule has 1 saturated heterocycles. The number of aryl methyl sites for hydroxylation is 1. The summed E-state index contributed by atoms with van der Waals surface area (Å²) in [6.45, 7) is 6.90. The van der Waals surface area contributed by atoms with Gasteiger partial charge in [-0.15, -0.1) is 0 Å². The van der Waals surface area contributed by atoms with Gasteiger partial charge in [0.15, 0.2) is 0 Å². The molecule has 18 heavy (non-hydrogen) atoms. The zero-order valence-electron chi connectivity index (χ0n) is 11.0. The minimum Gasteiger partial charge on any atom is -0.376 e. The number of aromatic nitrogens is 2. The van der Waals surface area contributed by atoms with Crippen molar-refractivity contribution in [2.75, 3.05) is 24.6 Å². The van der Waals surface area contributed by atoms with Gasteiger partial charge in [0.2, 0.25) is 0 Å². The van der Waals surface area contributed by atoms with E-state index in [1.54, 1.807) is 0 Å². The van der Waals surface area contributed by atoms with Gasteiger partial charge >= 0.3 is 0 Å². The van der Waals surface area contributed by atoms with Gasteiger partial charge in [-0.3, -0.25) is 0 Å². The van der Waals surface area contributed by atoms with Gasteiger partial charge in [-0.05, 0) is 42.1 Å². The highest BCUT2D eigenvalue weighted by Crippen LogP contribution is 2.22. The zero-order valence-corrected chi connectivity index (χ0v) is 12.6. The van der Waals surface area contributed by atoms with Gasteiger partial charge in [-0.2, -0.15) is 0 Å². The third-order valence-electron chi connectivity index (χ3n) is 3.05. The van der Waals surface area contributed by atoms with E-state index in [1.807, 2.05) is 13.0 Å². The summed E-state index contributed by atoms with van der Waals surface area (Å²) in [6.07, 6.45) is 3.73. The molecule has 1 atom stereocenters. The van der Waals surface area contributed by atoms with Crippen molar-refractivity contribution in [3.63, 3.8) is 0 Å². The van der Waals surface area contributed by atoms with Crippen LogP contribution in [0.4, 0.5) is 5.82 Å². The molecule has 5 heteroatoms. The van der Waals surface area contributed by atoms with Gasteiger partial charge in [0.25, 0.3) is 0 Å². The fourth-order valence-corrected chi connectivity index (χ4v) is 2.71. The molecule has 1 aromatic heterocycles. The smallest absolute Gasteiger partial charge is 0.133 e. The lowest BCUT2D eigenvalue weighted by atomic mass is 10.1. The first-order valence-electron chi connectivity index (χ1n) is 6.56. The second-order valence-electron chi connectivity index (χ2n) is 4.68. The first-order chi connectivity index (χ1) is 8.69. The van der Waals surface area contributed by atoms with Gasteiger partial charge in [0, 0.05) is 25.8 Å². The molecular formula is C13H20BrN3O. The summed E-state index contributed by atoms with van der Waals surface area (Å²) >= 11 is 3.43. The van der Waals surface area contributed by atoms with E-state index in [4.69, 9.17) is 4.74 Å². The molecule has 0 aromatic carbocycles. The third-order valence-corrected chi connectivity index (χ3v) is 3.46. The van der Waals surface area contributed by atoms with Crippen molar-refractivity contribution in [1.82, 2.24) is 9.97 Å². The Morgan fingerprint density at radius 3 is 3.06 bits per heavy atom. The molecule has 0 aliphatic carbocycles. The maximum Gasteiger partial charge on any atom is 0.133 e. The molecule has 1 aliphatic heterocycles. The number of rotatable bonds is 4. The van der Waals surface area contributed by atoms with Crippen molar-refractivity contribution in [1.29, 1.82) is 0 Å². The normalized spacial score (nSPS) is 20.2. The van der Waals surface area contributed by atoms with Crippen LogP contribution in [0, 0.1) is 6.92 Å². The van der Waals surface area contributed by atoms with Crippen LogP contribution in [0.3, 0.4) is 0 Å². The number of ether oxygens (including phenoxy) is 1. The van der Waals surface area contributed by atoms with E-state index in [0.29, 0.717) is 6.10 Å². The van der Waals surface area contributed by atoms with Crippen LogP contribution in [0.1, 0.15) is 32.0 Å². The largest absolute Gasteiger partial charge is 0.376 e. The van der Waals surface area contributed by atoms with Crippen molar-refractivity contribution in [2.24, 2.45) is 0 Å². The first-order valence-corrected chi connectivity index (χ1v) is 7.36. The van der Waals surface area contributed by atoms with Crippen LogP contribution in [0.25, 0.3) is 0 Å². The number of hydrogen-bond acceptors (Lipinski definition) is 4. The van der Waals surface area contributed by atoms with Crippen LogP contribution < -0.4 is 4.90 Å². The summed E-state index contributed by atoms with van der Waals surface area (Å²) in [6, 6.07) is 1.98. The van der Waals surface area contributed by atoms with Crippen molar-refractivity contribution < 1.29 is 4.74 Å². The van der Waals surface area contributed by atoms with Gasteiger partial charge in [-0.25, -0.2) is 9.97 Å². The summed E-state index contributed by atoms with van der Waals surface area (Å²) < 4.78 is 6.70. The number of anilines is 1. The lowest BCUT2D eigenvalue weighted by Crippen LogP contribution is -2.40. The highest BCUT2D eigenvalue weighted by atomic mass is 79.9. The molecule has 0 N–H and O–H groups in total. The minimum atomic E-state index is 0.341. The van der Waals surface area contributed by atoms with Crippen LogP contribution in [0.15, 0.2) is 10.7 Å². The average molecular weight is 314 g/mol. The Balaban J connectivity index is 2.03. The number of hydrogen-bond donors (Lipinski definition) is 0. The molecule has 2 heterocycles. The Morgan fingerprint density at radius 1 is 1.50 bits per heavy atom. The molecule has 1 unspecified atom stereocenters. The second-order valence-corrected chi connectivity index (χ2v) is 5.49. The monoisotopic (exact) mass is 313 g/mol. The Hall–Kier alpha value is -0.680. The quantitative estimate of drug-likeness (QED) is 0.801. The molecule has 0 bridgehead atoms. The van der Waals surface area contributed by atoms with E-state index in [0.717, 1.165) is 55.2 Å². The molecule has 4 nitrogen and oxygen atoms in total. The molecule has 1 aliphatic rings. The number of nitrogens with zero attached hydrogens (tertiary/aromatic N) is 3. The summed E-state index contributed by atoms with van der Waals surface area (Å²) in [5.41, 5.74) is 0. The predicted octanol–water partition coefficient (Wildman–Crippen LogP) is 2.94. The summed E-state index contributed by atoms with van der Waals surface area (Å²) in [5, 5.41) is 0. The van der Waals surface area contributed by atoms with E-state index in [9.17, 15) is 0 Å². The molecule has 0 amide bonds. The van der Waals surface area contributed by atoms with E-state index < -0.39 is 0 Å². The molecule has 100 valence electrons. The molecule has 1 aromatic rings. The van der Waals surface area contributed by atoms with Crippen molar-refractivity contribution >= 4 is 21.7 Å². The molecule has 0 radical (unpaired) electrons. The zero-order chi connectivity index (χ0) is 13.0. The van der Waals surface area contributed by atoms with E-state index in [1.165, 1.54) is 0 Å². The summed E-state index contributed by atoms with van der Waals surface area (Å²) in [4.78, 5) is 11.0. The minimum absolute atomic E-state index is 0.341. The third kappa shape index (κ3) is 3.65. The predicted molar refractivity (Wildman–Crippen MR) is 75.9 cm³/mol. The van der Waals surface area contributed by atoms with E-state index in [-0.39, 0.29) is 0 Å². The van der Waals surface area contributed by atoms with Crippen LogP contribution in [-0.2, 0) is 4.74 Å². The van der Waals surface area contributed by atoms with E-state index >= 15 is 0 Å². The van der Waals surface area contributed by atoms with Gasteiger partial charge in [0.1, 0.15) is 16.2 Å². The number of halogens is 1. The topological polar surface area (TPSA) is 38.2 Å². The maximum atomic E-state index is 5.85. The average Bonchev–Trinajstić information content (AvgIpc) is 2.35. The van der Waals surface area contributed by atoms with Crippen molar-refractivity contribution in [3.05, 3.63) is 16.5 Å². The Labute approximate surface area is 117 Å². The van der Waals surface area contributed by atoms with Gasteiger partial charge < -0.3 is 9.64 Å². The van der Waals surface area contributed by atoms with Crippen LogP contribution in [0.5, 0.6) is 0 Å². The molecule has 0 saturated carbocycles. The van der Waals surface area contributed by atoms with Crippen LogP contribution in [-0.4, -0.2) is 35.8 Å². The van der Waals surface area contributed by atoms with Crippen molar-refractivity contribution in [2.45, 2.75) is 39.2 Å². The molecular weight excluding hydrogens is 294 g/mol. The SMILES string of the molecule is CCCOC1CCCN(c2cc(Br)nc(C)n2)C1. The maximum absolute atomic E-state index is 5.85. The molecule has 1 fully saturated rings. The summed E-state index contributed by atoms with van der Waals surface area (Å²) in [7, 11) is 0. The highest BCUT2D eigenvalue weighted by molar-refractivity contribution is 9.10. The lowest BCUT2D eigenvalue weighted by Gasteiger charge is -2.33. The second kappa shape index (κ2) is 6.48. The Bertz CT molecular complexity index is 380. The Kier molecular flexibility index (Phi) is 4.95. The fraction of sp³-hybridized carbons (Fsp3) is 0.692. The van der Waals surface area contributed by atoms with E-state index in [2.05, 4.69) is 37.7 Å². The van der Waals surface area contributed by atoms with Crippen LogP contribution in [0.2, 0.25) is 0 Å². The molecule has 2 rings (SSSR count). The lowest BCUT2D eigenvalue weighted by molar-refractivity contribution is 0.0439. The fourth-order valence-electron chi connectivity index (χ4n) is 2.25. The number of piperidine rings is 1. The highest BCUT2D eigenvalue weighted by Gasteiger charge is 2.21.